The van der Waals surface area contributed by atoms with Crippen molar-refractivity contribution in [3.63, 3.8) is 0 Å². The molecule has 1 aromatic heterocycles. The van der Waals surface area contributed by atoms with E-state index in [4.69, 9.17) is 4.74 Å². The predicted octanol–water partition coefficient (Wildman–Crippen LogP) is 1.85. The monoisotopic (exact) mass is 407 g/mol. The highest BCUT2D eigenvalue weighted by Crippen LogP contribution is 2.18. The summed E-state index contributed by atoms with van der Waals surface area (Å²) >= 11 is 1.52. The van der Waals surface area contributed by atoms with E-state index in [-0.39, 0.29) is 17.2 Å². The number of carbonyl (C=O) groups is 1. The summed E-state index contributed by atoms with van der Waals surface area (Å²) < 4.78 is 31.9. The van der Waals surface area contributed by atoms with E-state index < -0.39 is 10.0 Å². The zero-order chi connectivity index (χ0) is 19.3. The van der Waals surface area contributed by atoms with Crippen LogP contribution in [0, 0.1) is 0 Å². The number of hydrogen-bond acceptors (Lipinski definition) is 6. The fraction of sp³-hybridized carbons (Fsp3) is 0.333. The largest absolute Gasteiger partial charge is 0.379 e. The van der Waals surface area contributed by atoms with Gasteiger partial charge in [0, 0.05) is 18.0 Å². The minimum Gasteiger partial charge on any atom is -0.379 e. The van der Waals surface area contributed by atoms with Crippen LogP contribution in [0.5, 0.6) is 0 Å². The van der Waals surface area contributed by atoms with Crippen LogP contribution in [0.15, 0.2) is 51.8 Å². The van der Waals surface area contributed by atoms with E-state index in [0.717, 1.165) is 10.4 Å². The lowest BCUT2D eigenvalue weighted by molar-refractivity contribution is -0.120. The minimum atomic E-state index is -3.51. The molecule has 1 aromatic carbocycles. The van der Waals surface area contributed by atoms with Crippen molar-refractivity contribution in [2.24, 2.45) is 5.10 Å². The third kappa shape index (κ3) is 5.01. The summed E-state index contributed by atoms with van der Waals surface area (Å²) in [4.78, 5) is 13.1. The Morgan fingerprint density at radius 1 is 1.22 bits per heavy atom. The van der Waals surface area contributed by atoms with E-state index in [9.17, 15) is 13.2 Å². The first-order valence-corrected chi connectivity index (χ1v) is 10.8. The number of nitrogens with one attached hydrogen (secondary N) is 1. The number of thiophene rings is 1. The minimum absolute atomic E-state index is 0.191. The fourth-order valence-corrected chi connectivity index (χ4v) is 4.74. The number of sulfonamides is 1. The molecular weight excluding hydrogens is 386 g/mol. The summed E-state index contributed by atoms with van der Waals surface area (Å²) in [5.74, 6) is -0.191. The molecule has 0 radical (unpaired) electrons. The molecule has 2 aromatic rings. The summed E-state index contributed by atoms with van der Waals surface area (Å²) in [6.07, 6.45) is 0.283. The highest BCUT2D eigenvalue weighted by Gasteiger charge is 2.26. The number of hydrogen-bond donors (Lipinski definition) is 1. The summed E-state index contributed by atoms with van der Waals surface area (Å²) in [5, 5.41) is 6.02. The number of benzene rings is 1. The van der Waals surface area contributed by atoms with Crippen molar-refractivity contribution in [2.45, 2.75) is 18.2 Å². The summed E-state index contributed by atoms with van der Waals surface area (Å²) in [6.45, 7) is 3.31. The second-order valence-corrected chi connectivity index (χ2v) is 9.00. The van der Waals surface area contributed by atoms with Crippen molar-refractivity contribution < 1.29 is 17.9 Å². The molecule has 0 aliphatic carbocycles. The Labute approximate surface area is 162 Å². The summed E-state index contributed by atoms with van der Waals surface area (Å²) in [7, 11) is -3.51. The van der Waals surface area contributed by atoms with Crippen LogP contribution in [0.2, 0.25) is 0 Å². The molecule has 0 unspecified atom stereocenters. The maximum atomic E-state index is 12.6. The lowest BCUT2D eigenvalue weighted by atomic mass is 10.1. The Bertz CT molecular complexity index is 901. The fourth-order valence-electron chi connectivity index (χ4n) is 2.63. The number of morpholine rings is 1. The average Bonchev–Trinajstić information content (AvgIpc) is 3.20. The van der Waals surface area contributed by atoms with Crippen LogP contribution < -0.4 is 5.43 Å². The molecule has 0 saturated carbocycles. The first-order valence-electron chi connectivity index (χ1n) is 8.50. The lowest BCUT2D eigenvalue weighted by Gasteiger charge is -2.26. The number of hydrazone groups is 1. The van der Waals surface area contributed by atoms with Gasteiger partial charge in [-0.25, -0.2) is 13.8 Å². The van der Waals surface area contributed by atoms with Crippen LogP contribution in [-0.4, -0.2) is 50.6 Å². The van der Waals surface area contributed by atoms with Gasteiger partial charge in [0.25, 0.3) is 0 Å². The number of carbonyl (C=O) groups excluding carboxylic acids is 1. The smallest absolute Gasteiger partial charge is 0.245 e. The van der Waals surface area contributed by atoms with Crippen molar-refractivity contribution in [3.8, 4) is 0 Å². The molecule has 0 spiro atoms. The predicted molar refractivity (Wildman–Crippen MR) is 104 cm³/mol. The molecule has 1 fully saturated rings. The van der Waals surface area contributed by atoms with Crippen molar-refractivity contribution in [3.05, 3.63) is 52.2 Å². The first-order chi connectivity index (χ1) is 13.0. The number of rotatable bonds is 6. The number of nitrogens with zero attached hydrogens (tertiary/aromatic N) is 2. The molecule has 144 valence electrons. The van der Waals surface area contributed by atoms with Gasteiger partial charge < -0.3 is 4.74 Å². The van der Waals surface area contributed by atoms with Crippen LogP contribution in [0.3, 0.4) is 0 Å². The van der Waals surface area contributed by atoms with E-state index in [1.54, 1.807) is 31.2 Å². The van der Waals surface area contributed by atoms with Gasteiger partial charge in [-0.15, -0.1) is 11.3 Å². The van der Waals surface area contributed by atoms with Crippen LogP contribution in [0.4, 0.5) is 0 Å². The molecule has 0 bridgehead atoms. The van der Waals surface area contributed by atoms with Crippen LogP contribution >= 0.6 is 11.3 Å². The molecule has 2 heterocycles. The Hall–Kier alpha value is -2.07. The molecule has 0 atom stereocenters. The van der Waals surface area contributed by atoms with Crippen molar-refractivity contribution in [1.29, 1.82) is 0 Å². The number of amides is 1. The first kappa shape index (κ1) is 19.7. The van der Waals surface area contributed by atoms with Gasteiger partial charge in [0.2, 0.25) is 15.9 Å². The Morgan fingerprint density at radius 2 is 1.93 bits per heavy atom. The molecule has 7 nitrogen and oxygen atoms in total. The summed E-state index contributed by atoms with van der Waals surface area (Å²) in [6, 6.07) is 10.3. The SMILES string of the molecule is C/C(=N\NC(=O)Cc1cccs1)c1ccc(S(=O)(=O)N2CCOCC2)cc1. The molecule has 1 N–H and O–H groups in total. The van der Waals surface area contributed by atoms with Gasteiger partial charge in [-0.3, -0.25) is 4.79 Å². The summed E-state index contributed by atoms with van der Waals surface area (Å²) in [5.41, 5.74) is 3.88. The lowest BCUT2D eigenvalue weighted by Crippen LogP contribution is -2.40. The maximum Gasteiger partial charge on any atom is 0.245 e. The topological polar surface area (TPSA) is 88.1 Å². The van der Waals surface area contributed by atoms with Crippen LogP contribution in [0.1, 0.15) is 17.4 Å². The highest BCUT2D eigenvalue weighted by atomic mass is 32.2. The van der Waals surface area contributed by atoms with Gasteiger partial charge in [-0.2, -0.15) is 9.41 Å². The van der Waals surface area contributed by atoms with E-state index in [1.807, 2.05) is 17.5 Å². The van der Waals surface area contributed by atoms with Crippen molar-refractivity contribution >= 4 is 33.0 Å². The van der Waals surface area contributed by atoms with Gasteiger partial charge in [-0.1, -0.05) is 18.2 Å². The Kier molecular flexibility index (Phi) is 6.38. The van der Waals surface area contributed by atoms with Gasteiger partial charge in [0.15, 0.2) is 0 Å². The van der Waals surface area contributed by atoms with Gasteiger partial charge in [-0.05, 0) is 36.1 Å². The van der Waals surface area contributed by atoms with Crippen molar-refractivity contribution in [2.75, 3.05) is 26.3 Å². The third-order valence-electron chi connectivity index (χ3n) is 4.14. The number of ether oxygens (including phenoxy) is 1. The maximum absolute atomic E-state index is 12.6. The molecule has 1 aliphatic rings. The second-order valence-electron chi connectivity index (χ2n) is 6.03. The molecule has 1 aliphatic heterocycles. The second kappa shape index (κ2) is 8.75. The average molecular weight is 408 g/mol. The zero-order valence-electron chi connectivity index (χ0n) is 14.9. The van der Waals surface area contributed by atoms with Gasteiger partial charge in [0.1, 0.15) is 0 Å². The van der Waals surface area contributed by atoms with Gasteiger partial charge in [0.05, 0.1) is 30.2 Å². The molecule has 1 amide bonds. The molecule has 3 rings (SSSR count). The van der Waals surface area contributed by atoms with Crippen LogP contribution in [-0.2, 0) is 26.0 Å². The Balaban J connectivity index is 1.64. The standard InChI is InChI=1S/C18H21N3O4S2/c1-14(19-20-18(22)13-16-3-2-12-26-16)15-4-6-17(7-5-15)27(23,24)21-8-10-25-11-9-21/h2-7,12H,8-11,13H2,1H3,(H,20,22)/b19-14+. The molecular formula is C18H21N3O4S2. The van der Waals surface area contributed by atoms with E-state index >= 15 is 0 Å². The van der Waals surface area contributed by atoms with E-state index in [0.29, 0.717) is 32.0 Å². The molecule has 1 saturated heterocycles. The quantitative estimate of drug-likeness (QED) is 0.585. The Morgan fingerprint density at radius 3 is 2.56 bits per heavy atom. The third-order valence-corrected chi connectivity index (χ3v) is 6.93. The van der Waals surface area contributed by atoms with Gasteiger partial charge >= 0.3 is 0 Å². The zero-order valence-corrected chi connectivity index (χ0v) is 16.6. The molecule has 9 heteroatoms. The van der Waals surface area contributed by atoms with E-state index in [1.165, 1.54) is 15.6 Å². The molecule has 27 heavy (non-hydrogen) atoms. The highest BCUT2D eigenvalue weighted by molar-refractivity contribution is 7.89. The normalized spacial score (nSPS) is 16.3. The van der Waals surface area contributed by atoms with Crippen LogP contribution in [0.25, 0.3) is 0 Å². The van der Waals surface area contributed by atoms with Crippen molar-refractivity contribution in [1.82, 2.24) is 9.73 Å². The van der Waals surface area contributed by atoms with E-state index in [2.05, 4.69) is 10.5 Å².